The van der Waals surface area contributed by atoms with Crippen LogP contribution < -0.4 is 29.1 Å². The summed E-state index contributed by atoms with van der Waals surface area (Å²) in [5.41, 5.74) is 1.76. The number of imide groups is 4. The molecule has 0 aromatic heterocycles. The first-order valence-electron chi connectivity index (χ1n) is 24.4. The molecule has 15 heteroatoms. The Bertz CT molecular complexity index is 3390. The molecule has 8 aliphatic rings. The monoisotopic (exact) mass is 978 g/mol. The molecule has 0 spiro atoms. The van der Waals surface area contributed by atoms with E-state index in [1.54, 1.807) is 97.1 Å². The smallest absolute Gasteiger partial charge is 0.266 e. The quantitative estimate of drug-likeness (QED) is 0.0726. The van der Waals surface area contributed by atoms with Crippen molar-refractivity contribution in [1.29, 1.82) is 0 Å². The minimum absolute atomic E-state index is 0.0128. The van der Waals surface area contributed by atoms with E-state index in [9.17, 15) is 43.2 Å². The molecule has 2 saturated carbocycles. The normalized spacial score (nSPS) is 25.5. The Labute approximate surface area is 420 Å². The molecule has 8 atom stereocenters. The third kappa shape index (κ3) is 6.28. The van der Waals surface area contributed by atoms with Crippen LogP contribution in [0.15, 0.2) is 158 Å². The number of ketones is 1. The Hall–Kier alpha value is -9.37. The lowest BCUT2D eigenvalue weighted by Crippen LogP contribution is -2.32. The van der Waals surface area contributed by atoms with E-state index in [1.807, 2.05) is 24.3 Å². The topological polar surface area (TPSA) is 185 Å². The summed E-state index contributed by atoms with van der Waals surface area (Å²) in [6.45, 7) is 0. The van der Waals surface area contributed by atoms with E-state index in [0.717, 1.165) is 22.6 Å². The molecule has 15 nitrogen and oxygen atoms in total. The Morgan fingerprint density at radius 1 is 0.351 bits per heavy atom. The second-order valence-electron chi connectivity index (χ2n) is 20.0. The van der Waals surface area contributed by atoms with Crippen LogP contribution in [-0.4, -0.2) is 53.0 Å². The average Bonchev–Trinajstić information content (AvgIpc) is 4.33. The summed E-state index contributed by atoms with van der Waals surface area (Å²) >= 11 is 0. The van der Waals surface area contributed by atoms with Crippen molar-refractivity contribution < 1.29 is 52.6 Å². The molecule has 6 aromatic carbocycles. The summed E-state index contributed by atoms with van der Waals surface area (Å²) in [5, 5.41) is 0. The molecule has 4 bridgehead atoms. The molecule has 2 saturated heterocycles. The number of hydrogen-bond donors (Lipinski definition) is 0. The molecule has 4 aliphatic carbocycles. The molecule has 4 aliphatic heterocycles. The van der Waals surface area contributed by atoms with E-state index < -0.39 is 29.4 Å². The van der Waals surface area contributed by atoms with Crippen LogP contribution in [0.5, 0.6) is 23.0 Å². The SMILES string of the molecule is O=C(c1ccc2c(c1)C(=O)N(c1ccc(Oc3cccc(N4C(=O)C5C6C=CC(C6)C5C4=O)c3)cc1)C2=O)c1ccc2c(c1)C(=O)N(c1ccc(Oc3cccc(N4C(=O)C5C6C=CC(C6)C5C4=O)c3)cc1)C2=O. The number of ether oxygens (including phenoxy) is 2. The number of allylic oxidation sites excluding steroid dienone is 4. The lowest BCUT2D eigenvalue weighted by atomic mass is 9.85. The first-order chi connectivity index (χ1) is 35.9. The number of hydrogen-bond acceptors (Lipinski definition) is 11. The maximum absolute atomic E-state index is 14.0. The van der Waals surface area contributed by atoms with Gasteiger partial charge in [0, 0.05) is 23.3 Å². The Morgan fingerprint density at radius 3 is 1.07 bits per heavy atom. The average molecular weight is 979 g/mol. The van der Waals surface area contributed by atoms with Gasteiger partial charge in [-0.2, -0.15) is 0 Å². The summed E-state index contributed by atoms with van der Waals surface area (Å²) in [4.78, 5) is 127. The molecular weight excluding hydrogens is 941 g/mol. The highest BCUT2D eigenvalue weighted by Crippen LogP contribution is 2.55. The standard InChI is InChI=1S/C59H38N4O11/c64-51(33-11-21-43-45(25-33)54(67)60(52(43)65)35-13-17-39(18-14-35)73-41-5-1-3-37(27-41)62-56(69)47-29-7-8-30(23-29)48(47)57(62)70)34-12-22-44-46(26-34)55(68)61(53(44)66)36-15-19-40(20-16-36)74-42-6-2-4-38(28-42)63-58(71)49-31-9-10-32(24-31)50(49)59(63)72/h1-22,25-32,47-50H,23-24H2. The Kier molecular flexibility index (Phi) is 9.28. The fourth-order valence-electron chi connectivity index (χ4n) is 12.7. The van der Waals surface area contributed by atoms with Crippen molar-refractivity contribution >= 4 is 75.8 Å². The van der Waals surface area contributed by atoms with Crippen LogP contribution in [0.1, 0.15) is 70.2 Å². The van der Waals surface area contributed by atoms with Crippen LogP contribution in [0.25, 0.3) is 0 Å². The van der Waals surface area contributed by atoms with E-state index in [2.05, 4.69) is 0 Å². The Morgan fingerprint density at radius 2 is 0.703 bits per heavy atom. The van der Waals surface area contributed by atoms with Gasteiger partial charge in [-0.05, 0) is 134 Å². The molecule has 8 amide bonds. The van der Waals surface area contributed by atoms with Crippen molar-refractivity contribution in [3.8, 4) is 23.0 Å². The lowest BCUT2D eigenvalue weighted by Gasteiger charge is -2.18. The summed E-state index contributed by atoms with van der Waals surface area (Å²) in [7, 11) is 0. The fraction of sp³-hybridized carbons (Fsp3) is 0.169. The van der Waals surface area contributed by atoms with Gasteiger partial charge in [-0.1, -0.05) is 48.6 Å². The van der Waals surface area contributed by atoms with Crippen molar-refractivity contribution in [1.82, 2.24) is 0 Å². The van der Waals surface area contributed by atoms with Crippen molar-refractivity contribution in [2.75, 3.05) is 19.6 Å². The van der Waals surface area contributed by atoms with E-state index in [1.165, 1.54) is 46.2 Å². The highest BCUT2D eigenvalue weighted by atomic mass is 16.5. The highest BCUT2D eigenvalue weighted by molar-refractivity contribution is 6.36. The molecule has 4 heterocycles. The number of amides is 8. The van der Waals surface area contributed by atoms with E-state index in [-0.39, 0.29) is 116 Å². The number of fused-ring (bicyclic) bond motifs is 12. The number of carbonyl (C=O) groups excluding carboxylic acids is 9. The number of nitrogens with zero attached hydrogens (tertiary/aromatic N) is 4. The zero-order valence-corrected chi connectivity index (χ0v) is 38.8. The van der Waals surface area contributed by atoms with Crippen LogP contribution in [0.3, 0.4) is 0 Å². The van der Waals surface area contributed by atoms with Crippen molar-refractivity contribution in [2.24, 2.45) is 47.3 Å². The van der Waals surface area contributed by atoms with Crippen LogP contribution in [0.4, 0.5) is 22.7 Å². The summed E-state index contributed by atoms with van der Waals surface area (Å²) < 4.78 is 12.2. The third-order valence-electron chi connectivity index (χ3n) is 16.1. The van der Waals surface area contributed by atoms with E-state index >= 15 is 0 Å². The minimum Gasteiger partial charge on any atom is -0.457 e. The molecule has 74 heavy (non-hydrogen) atoms. The van der Waals surface area contributed by atoms with Crippen LogP contribution in [0.2, 0.25) is 0 Å². The molecule has 4 fully saturated rings. The van der Waals surface area contributed by atoms with Crippen LogP contribution >= 0.6 is 0 Å². The molecular formula is C59H38N4O11. The maximum Gasteiger partial charge on any atom is 0.266 e. The van der Waals surface area contributed by atoms with Gasteiger partial charge in [0.05, 0.1) is 68.7 Å². The molecule has 360 valence electrons. The van der Waals surface area contributed by atoms with Gasteiger partial charge in [0.1, 0.15) is 23.0 Å². The number of carbonyl (C=O) groups is 9. The van der Waals surface area contributed by atoms with Crippen LogP contribution in [-0.2, 0) is 19.2 Å². The number of anilines is 4. The van der Waals surface area contributed by atoms with Crippen molar-refractivity contribution in [2.45, 2.75) is 12.8 Å². The second kappa shape index (κ2) is 15.8. The molecule has 0 radical (unpaired) electrons. The summed E-state index contributed by atoms with van der Waals surface area (Å²) in [6, 6.07) is 34.4. The van der Waals surface area contributed by atoms with Gasteiger partial charge in [0.25, 0.3) is 23.6 Å². The minimum atomic E-state index is -0.647. The van der Waals surface area contributed by atoms with Gasteiger partial charge in [-0.15, -0.1) is 0 Å². The summed E-state index contributed by atoms with van der Waals surface area (Å²) in [5.74, 6) is -3.29. The number of benzene rings is 6. The van der Waals surface area contributed by atoms with Gasteiger partial charge in [-0.25, -0.2) is 19.6 Å². The van der Waals surface area contributed by atoms with Crippen molar-refractivity contribution in [3.05, 3.63) is 191 Å². The van der Waals surface area contributed by atoms with Crippen molar-refractivity contribution in [3.63, 3.8) is 0 Å². The van der Waals surface area contributed by atoms with Gasteiger partial charge >= 0.3 is 0 Å². The zero-order chi connectivity index (χ0) is 50.4. The van der Waals surface area contributed by atoms with E-state index in [4.69, 9.17) is 9.47 Å². The maximum atomic E-state index is 14.0. The van der Waals surface area contributed by atoms with Gasteiger partial charge in [0.15, 0.2) is 5.78 Å². The van der Waals surface area contributed by atoms with E-state index in [0.29, 0.717) is 34.4 Å². The van der Waals surface area contributed by atoms with Gasteiger partial charge in [0.2, 0.25) is 23.6 Å². The Balaban J connectivity index is 0.634. The third-order valence-corrected chi connectivity index (χ3v) is 16.1. The highest BCUT2D eigenvalue weighted by Gasteiger charge is 2.61. The second-order valence-corrected chi connectivity index (χ2v) is 20.0. The predicted molar refractivity (Wildman–Crippen MR) is 265 cm³/mol. The molecule has 8 unspecified atom stereocenters. The molecule has 0 N–H and O–H groups in total. The largest absolute Gasteiger partial charge is 0.457 e. The predicted octanol–water partition coefficient (Wildman–Crippen LogP) is 8.73. The molecule has 6 aromatic rings. The van der Waals surface area contributed by atoms with Gasteiger partial charge in [-0.3, -0.25) is 43.2 Å². The first-order valence-corrected chi connectivity index (χ1v) is 24.4. The lowest BCUT2D eigenvalue weighted by molar-refractivity contribution is -0.124. The first kappa shape index (κ1) is 43.4. The fourth-order valence-corrected chi connectivity index (χ4v) is 12.7. The van der Waals surface area contributed by atoms with Gasteiger partial charge < -0.3 is 9.47 Å². The van der Waals surface area contributed by atoms with Crippen LogP contribution in [0, 0.1) is 47.3 Å². The number of rotatable bonds is 10. The zero-order valence-electron chi connectivity index (χ0n) is 38.8. The molecule has 14 rings (SSSR count). The summed E-state index contributed by atoms with van der Waals surface area (Å²) in [6.07, 6.45) is 9.85.